The number of hydrogen-bond donors (Lipinski definition) is 1. The number of nitrogens with zero attached hydrogens (tertiary/aromatic N) is 2. The van der Waals surface area contributed by atoms with E-state index in [1.54, 1.807) is 11.3 Å². The van der Waals surface area contributed by atoms with Crippen LogP contribution in [0, 0.1) is 0 Å². The summed E-state index contributed by atoms with van der Waals surface area (Å²) in [5.41, 5.74) is 0. The molecule has 0 aromatic carbocycles. The molecule has 0 radical (unpaired) electrons. The van der Waals surface area contributed by atoms with Crippen molar-refractivity contribution in [3.63, 3.8) is 0 Å². The van der Waals surface area contributed by atoms with Gasteiger partial charge in [0.15, 0.2) is 0 Å². The fourth-order valence-corrected chi connectivity index (χ4v) is 2.74. The molecule has 0 aliphatic rings. The molecule has 0 saturated heterocycles. The van der Waals surface area contributed by atoms with Crippen molar-refractivity contribution in [3.05, 3.63) is 39.8 Å². The summed E-state index contributed by atoms with van der Waals surface area (Å²) >= 11 is 7.55. The number of nitrogens with one attached hydrogen (secondary N) is 1. The SMILES string of the molecule is CC(NCCCn1cccn1)c1ccc(Cl)s1. The van der Waals surface area contributed by atoms with Gasteiger partial charge in [-0.2, -0.15) is 5.10 Å². The first-order chi connectivity index (χ1) is 8.25. The number of aromatic nitrogens is 2. The lowest BCUT2D eigenvalue weighted by Gasteiger charge is -2.11. The average Bonchev–Trinajstić information content (AvgIpc) is 2.95. The molecule has 5 heteroatoms. The lowest BCUT2D eigenvalue weighted by Crippen LogP contribution is -2.20. The van der Waals surface area contributed by atoms with Gasteiger partial charge >= 0.3 is 0 Å². The lowest BCUT2D eigenvalue weighted by atomic mass is 10.2. The molecule has 0 amide bonds. The van der Waals surface area contributed by atoms with Crippen LogP contribution in [0.15, 0.2) is 30.6 Å². The molecule has 0 saturated carbocycles. The number of aryl methyl sites for hydroxylation is 1. The van der Waals surface area contributed by atoms with Crippen molar-refractivity contribution >= 4 is 22.9 Å². The Hall–Kier alpha value is -0.840. The maximum atomic E-state index is 5.91. The Morgan fingerprint density at radius 1 is 1.53 bits per heavy atom. The Morgan fingerprint density at radius 3 is 3.06 bits per heavy atom. The molecule has 2 aromatic heterocycles. The van der Waals surface area contributed by atoms with Crippen molar-refractivity contribution < 1.29 is 0 Å². The second-order valence-corrected chi connectivity index (χ2v) is 5.69. The molecular weight excluding hydrogens is 254 g/mol. The van der Waals surface area contributed by atoms with Crippen molar-refractivity contribution in [1.82, 2.24) is 15.1 Å². The highest BCUT2D eigenvalue weighted by Gasteiger charge is 2.06. The van der Waals surface area contributed by atoms with E-state index in [1.807, 2.05) is 29.2 Å². The molecule has 1 N–H and O–H groups in total. The van der Waals surface area contributed by atoms with Gasteiger partial charge in [-0.15, -0.1) is 11.3 Å². The molecule has 2 aromatic rings. The summed E-state index contributed by atoms with van der Waals surface area (Å²) in [5.74, 6) is 0. The van der Waals surface area contributed by atoms with E-state index < -0.39 is 0 Å². The molecule has 0 spiro atoms. The van der Waals surface area contributed by atoms with Crippen LogP contribution >= 0.6 is 22.9 Å². The quantitative estimate of drug-likeness (QED) is 0.815. The van der Waals surface area contributed by atoms with Gasteiger partial charge in [0.1, 0.15) is 0 Å². The first kappa shape index (κ1) is 12.6. The third kappa shape index (κ3) is 3.84. The average molecular weight is 270 g/mol. The summed E-state index contributed by atoms with van der Waals surface area (Å²) in [6.07, 6.45) is 4.87. The Labute approximate surface area is 110 Å². The summed E-state index contributed by atoms with van der Waals surface area (Å²) < 4.78 is 2.80. The van der Waals surface area contributed by atoms with Crippen molar-refractivity contribution in [2.75, 3.05) is 6.54 Å². The van der Waals surface area contributed by atoms with Gasteiger partial charge in [-0.1, -0.05) is 11.6 Å². The zero-order chi connectivity index (χ0) is 12.1. The fraction of sp³-hybridized carbons (Fsp3) is 0.417. The van der Waals surface area contributed by atoms with Crippen LogP contribution < -0.4 is 5.32 Å². The minimum atomic E-state index is 0.366. The van der Waals surface area contributed by atoms with E-state index in [9.17, 15) is 0 Å². The van der Waals surface area contributed by atoms with Crippen LogP contribution in [0.5, 0.6) is 0 Å². The molecule has 17 heavy (non-hydrogen) atoms. The van der Waals surface area contributed by atoms with Crippen molar-refractivity contribution in [2.45, 2.75) is 25.9 Å². The second kappa shape index (κ2) is 6.19. The Bertz CT molecular complexity index is 438. The van der Waals surface area contributed by atoms with Crippen LogP contribution in [0.25, 0.3) is 0 Å². The van der Waals surface area contributed by atoms with Gasteiger partial charge in [0.05, 0.1) is 4.34 Å². The molecule has 2 heterocycles. The number of rotatable bonds is 6. The molecule has 2 rings (SSSR count). The van der Waals surface area contributed by atoms with Crippen LogP contribution in [0.4, 0.5) is 0 Å². The number of halogens is 1. The highest BCUT2D eigenvalue weighted by molar-refractivity contribution is 7.16. The van der Waals surface area contributed by atoms with Crippen LogP contribution in [0.1, 0.15) is 24.3 Å². The molecule has 0 bridgehead atoms. The monoisotopic (exact) mass is 269 g/mol. The topological polar surface area (TPSA) is 29.9 Å². The molecule has 3 nitrogen and oxygen atoms in total. The summed E-state index contributed by atoms with van der Waals surface area (Å²) in [4.78, 5) is 1.29. The zero-order valence-electron chi connectivity index (χ0n) is 9.77. The van der Waals surface area contributed by atoms with Gasteiger partial charge in [-0.25, -0.2) is 0 Å². The van der Waals surface area contributed by atoms with Crippen LogP contribution in [-0.4, -0.2) is 16.3 Å². The maximum Gasteiger partial charge on any atom is 0.0931 e. The van der Waals surface area contributed by atoms with E-state index in [-0.39, 0.29) is 0 Å². The normalized spacial score (nSPS) is 12.8. The molecule has 0 aliphatic heterocycles. The van der Waals surface area contributed by atoms with Crippen LogP contribution in [-0.2, 0) is 6.54 Å². The minimum Gasteiger partial charge on any atom is -0.309 e. The molecule has 0 fully saturated rings. The van der Waals surface area contributed by atoms with Gasteiger partial charge in [0, 0.05) is 29.9 Å². The van der Waals surface area contributed by atoms with E-state index >= 15 is 0 Å². The first-order valence-corrected chi connectivity index (χ1v) is 6.91. The van der Waals surface area contributed by atoms with E-state index in [2.05, 4.69) is 23.4 Å². The lowest BCUT2D eigenvalue weighted by molar-refractivity contribution is 0.510. The predicted molar refractivity (Wildman–Crippen MR) is 72.6 cm³/mol. The summed E-state index contributed by atoms with van der Waals surface area (Å²) in [7, 11) is 0. The highest BCUT2D eigenvalue weighted by atomic mass is 35.5. The third-order valence-corrected chi connectivity index (χ3v) is 4.01. The fourth-order valence-electron chi connectivity index (χ4n) is 1.65. The Balaban J connectivity index is 1.68. The Kier molecular flexibility index (Phi) is 4.59. The summed E-state index contributed by atoms with van der Waals surface area (Å²) in [6, 6.07) is 6.34. The van der Waals surface area contributed by atoms with Crippen molar-refractivity contribution in [3.8, 4) is 0 Å². The standard InChI is InChI=1S/C12H16ClN3S/c1-10(11-4-5-12(13)17-11)14-6-2-8-16-9-3-7-15-16/h3-5,7,9-10,14H,2,6,8H2,1H3. The van der Waals surface area contributed by atoms with Crippen LogP contribution in [0.3, 0.4) is 0 Å². The molecule has 0 aliphatic carbocycles. The third-order valence-electron chi connectivity index (χ3n) is 2.59. The predicted octanol–water partition coefficient (Wildman–Crippen LogP) is 3.34. The minimum absolute atomic E-state index is 0.366. The highest BCUT2D eigenvalue weighted by Crippen LogP contribution is 2.26. The maximum absolute atomic E-state index is 5.91. The van der Waals surface area contributed by atoms with E-state index in [0.717, 1.165) is 23.8 Å². The molecular formula is C12H16ClN3S. The van der Waals surface area contributed by atoms with Gasteiger partial charge in [-0.05, 0) is 38.1 Å². The molecule has 92 valence electrons. The number of hydrogen-bond acceptors (Lipinski definition) is 3. The van der Waals surface area contributed by atoms with Crippen molar-refractivity contribution in [2.24, 2.45) is 0 Å². The zero-order valence-corrected chi connectivity index (χ0v) is 11.3. The van der Waals surface area contributed by atoms with Gasteiger partial charge in [0.25, 0.3) is 0 Å². The largest absolute Gasteiger partial charge is 0.309 e. The van der Waals surface area contributed by atoms with Gasteiger partial charge in [0.2, 0.25) is 0 Å². The van der Waals surface area contributed by atoms with Gasteiger partial charge < -0.3 is 5.32 Å². The second-order valence-electron chi connectivity index (χ2n) is 3.94. The van der Waals surface area contributed by atoms with Gasteiger partial charge in [-0.3, -0.25) is 4.68 Å². The molecule has 1 atom stereocenters. The van der Waals surface area contributed by atoms with Crippen molar-refractivity contribution in [1.29, 1.82) is 0 Å². The smallest absolute Gasteiger partial charge is 0.0931 e. The summed E-state index contributed by atoms with van der Waals surface area (Å²) in [6.45, 7) is 4.10. The molecule has 1 unspecified atom stereocenters. The van der Waals surface area contributed by atoms with Crippen LogP contribution in [0.2, 0.25) is 4.34 Å². The number of thiophene rings is 1. The Morgan fingerprint density at radius 2 is 2.41 bits per heavy atom. The van der Waals surface area contributed by atoms with E-state index in [1.165, 1.54) is 4.88 Å². The van der Waals surface area contributed by atoms with E-state index in [0.29, 0.717) is 6.04 Å². The first-order valence-electron chi connectivity index (χ1n) is 5.72. The van der Waals surface area contributed by atoms with E-state index in [4.69, 9.17) is 11.6 Å². The summed E-state index contributed by atoms with van der Waals surface area (Å²) in [5, 5.41) is 7.65.